The molecule has 12 heteroatoms. The van der Waals surface area contributed by atoms with Gasteiger partial charge in [0.25, 0.3) is 5.91 Å². The topological polar surface area (TPSA) is 149 Å². The van der Waals surface area contributed by atoms with Crippen LogP contribution in [0.3, 0.4) is 0 Å². The van der Waals surface area contributed by atoms with Crippen LogP contribution in [0.15, 0.2) is 58.1 Å². The molecular formula is C20H22N2O8S2. The number of sulfonamides is 1. The molecule has 2 N–H and O–H groups in total. The van der Waals surface area contributed by atoms with Crippen LogP contribution in [-0.2, 0) is 40.7 Å². The second-order valence-electron chi connectivity index (χ2n) is 7.08. The van der Waals surface area contributed by atoms with E-state index in [1.165, 1.54) is 36.6 Å². The third kappa shape index (κ3) is 7.04. The number of furan rings is 1. The Labute approximate surface area is 185 Å². The molecule has 32 heavy (non-hydrogen) atoms. The Bertz CT molecular complexity index is 1180. The third-order valence-electron chi connectivity index (χ3n) is 4.56. The Morgan fingerprint density at radius 2 is 1.94 bits per heavy atom. The van der Waals surface area contributed by atoms with E-state index in [-0.39, 0.29) is 22.9 Å². The lowest BCUT2D eigenvalue weighted by Crippen LogP contribution is -2.38. The molecule has 2 aromatic rings. The smallest absolute Gasteiger partial charge is 0.331 e. The second kappa shape index (κ2) is 10.1. The van der Waals surface area contributed by atoms with E-state index in [0.717, 1.165) is 6.08 Å². The number of benzene rings is 1. The minimum atomic E-state index is -3.73. The van der Waals surface area contributed by atoms with Crippen molar-refractivity contribution in [2.24, 2.45) is 0 Å². The summed E-state index contributed by atoms with van der Waals surface area (Å²) in [6, 6.07) is 8.64. The molecule has 1 fully saturated rings. The van der Waals surface area contributed by atoms with E-state index in [2.05, 4.69) is 10.0 Å². The Morgan fingerprint density at radius 3 is 2.56 bits per heavy atom. The summed E-state index contributed by atoms with van der Waals surface area (Å²) < 4.78 is 59.7. The van der Waals surface area contributed by atoms with Crippen LogP contribution in [0.25, 0.3) is 6.08 Å². The summed E-state index contributed by atoms with van der Waals surface area (Å²) in [6.07, 6.45) is 4.30. The van der Waals surface area contributed by atoms with Crippen LogP contribution in [0.5, 0.6) is 0 Å². The van der Waals surface area contributed by atoms with Gasteiger partial charge in [0, 0.05) is 12.1 Å². The summed E-state index contributed by atoms with van der Waals surface area (Å²) >= 11 is 0. The molecule has 1 aliphatic heterocycles. The molecular weight excluding hydrogens is 460 g/mol. The summed E-state index contributed by atoms with van der Waals surface area (Å²) in [4.78, 5) is 23.6. The molecule has 1 saturated heterocycles. The number of ether oxygens (including phenoxy) is 1. The van der Waals surface area contributed by atoms with Gasteiger partial charge in [-0.3, -0.25) is 4.79 Å². The maximum absolute atomic E-state index is 12.3. The summed E-state index contributed by atoms with van der Waals surface area (Å²) in [5.41, 5.74) is 0.549. The Hall–Kier alpha value is -2.96. The number of carbonyl (C=O) groups is 2. The largest absolute Gasteiger partial charge is 0.468 e. The number of esters is 1. The molecule has 2 heterocycles. The van der Waals surface area contributed by atoms with Crippen LogP contribution in [0.4, 0.5) is 0 Å². The van der Waals surface area contributed by atoms with Gasteiger partial charge in [0.2, 0.25) is 10.0 Å². The van der Waals surface area contributed by atoms with Crippen molar-refractivity contribution in [3.63, 3.8) is 0 Å². The first-order valence-electron chi connectivity index (χ1n) is 9.60. The summed E-state index contributed by atoms with van der Waals surface area (Å²) in [5, 5.41) is 2.52. The highest BCUT2D eigenvalue weighted by Gasteiger charge is 2.28. The van der Waals surface area contributed by atoms with Gasteiger partial charge in [0.1, 0.15) is 5.76 Å². The maximum Gasteiger partial charge on any atom is 0.331 e. The van der Waals surface area contributed by atoms with Crippen molar-refractivity contribution in [2.75, 3.05) is 18.1 Å². The number of sulfone groups is 1. The van der Waals surface area contributed by atoms with Gasteiger partial charge in [-0.25, -0.2) is 26.4 Å². The van der Waals surface area contributed by atoms with Crippen LogP contribution < -0.4 is 10.0 Å². The molecule has 1 amide bonds. The van der Waals surface area contributed by atoms with Crippen LogP contribution >= 0.6 is 0 Å². The molecule has 0 saturated carbocycles. The van der Waals surface area contributed by atoms with Crippen molar-refractivity contribution in [3.8, 4) is 0 Å². The lowest BCUT2D eigenvalue weighted by molar-refractivity contribution is -0.143. The summed E-state index contributed by atoms with van der Waals surface area (Å²) in [6.45, 7) is -0.509. The lowest BCUT2D eigenvalue weighted by atomic mass is 10.2. The molecule has 10 nitrogen and oxygen atoms in total. The van der Waals surface area contributed by atoms with E-state index in [4.69, 9.17) is 9.15 Å². The molecule has 0 spiro atoms. The maximum atomic E-state index is 12.3. The van der Waals surface area contributed by atoms with Gasteiger partial charge in [-0.05, 0) is 42.3 Å². The van der Waals surface area contributed by atoms with Gasteiger partial charge < -0.3 is 14.5 Å². The van der Waals surface area contributed by atoms with Crippen molar-refractivity contribution in [1.82, 2.24) is 10.0 Å². The molecule has 0 radical (unpaired) electrons. The number of carbonyl (C=O) groups excluding carboxylic acids is 2. The van der Waals surface area contributed by atoms with Crippen LogP contribution in [0.1, 0.15) is 17.7 Å². The fraction of sp³-hybridized carbons (Fsp3) is 0.300. The van der Waals surface area contributed by atoms with Gasteiger partial charge in [-0.1, -0.05) is 12.1 Å². The Balaban J connectivity index is 1.45. The van der Waals surface area contributed by atoms with Crippen LogP contribution in [-0.4, -0.2) is 52.9 Å². The zero-order chi connectivity index (χ0) is 23.2. The van der Waals surface area contributed by atoms with E-state index in [0.29, 0.717) is 17.7 Å². The number of nitrogens with one attached hydrogen (secondary N) is 2. The molecule has 172 valence electrons. The van der Waals surface area contributed by atoms with E-state index in [1.807, 2.05) is 0 Å². The van der Waals surface area contributed by atoms with Crippen molar-refractivity contribution < 1.29 is 35.6 Å². The number of hydrogen-bond acceptors (Lipinski definition) is 8. The average Bonchev–Trinajstić information content (AvgIpc) is 3.39. The molecule has 1 aliphatic rings. The normalized spacial score (nSPS) is 17.9. The van der Waals surface area contributed by atoms with Gasteiger partial charge in [-0.2, -0.15) is 0 Å². The van der Waals surface area contributed by atoms with Crippen LogP contribution in [0.2, 0.25) is 0 Å². The standard InChI is InChI=1S/C20H22N2O8S2/c23-19(22-16-9-11-31(25,26)14-16)13-30-20(24)8-5-15-3-6-18(7-4-15)32(27,28)21-12-17-2-1-10-29-17/h1-8,10,16,21H,9,11-14H2,(H,22,23). The van der Waals surface area contributed by atoms with Crippen molar-refractivity contribution in [1.29, 1.82) is 0 Å². The first-order chi connectivity index (χ1) is 15.1. The molecule has 1 unspecified atom stereocenters. The predicted octanol–water partition coefficient (Wildman–Crippen LogP) is 0.618. The first-order valence-corrected chi connectivity index (χ1v) is 12.9. The van der Waals surface area contributed by atoms with Crippen LogP contribution in [0, 0.1) is 0 Å². The highest BCUT2D eigenvalue weighted by atomic mass is 32.2. The predicted molar refractivity (Wildman–Crippen MR) is 114 cm³/mol. The van der Waals surface area contributed by atoms with E-state index < -0.39 is 44.4 Å². The monoisotopic (exact) mass is 482 g/mol. The first kappa shape index (κ1) is 23.7. The molecule has 0 aliphatic carbocycles. The zero-order valence-corrected chi connectivity index (χ0v) is 18.5. The van der Waals surface area contributed by atoms with Gasteiger partial charge >= 0.3 is 5.97 Å². The SMILES string of the molecule is O=C(COC(=O)C=Cc1ccc(S(=O)(=O)NCc2ccco2)cc1)NC1CCS(=O)(=O)C1. The number of hydrogen-bond donors (Lipinski definition) is 2. The minimum Gasteiger partial charge on any atom is -0.468 e. The van der Waals surface area contributed by atoms with Crippen molar-refractivity contribution >= 4 is 37.8 Å². The van der Waals surface area contributed by atoms with E-state index in [9.17, 15) is 26.4 Å². The third-order valence-corrected chi connectivity index (χ3v) is 7.75. The van der Waals surface area contributed by atoms with E-state index in [1.54, 1.807) is 12.1 Å². The van der Waals surface area contributed by atoms with Crippen molar-refractivity contribution in [3.05, 3.63) is 60.1 Å². The number of rotatable bonds is 9. The molecule has 3 rings (SSSR count). The van der Waals surface area contributed by atoms with Crippen molar-refractivity contribution in [2.45, 2.75) is 23.9 Å². The highest BCUT2D eigenvalue weighted by molar-refractivity contribution is 7.91. The zero-order valence-electron chi connectivity index (χ0n) is 16.9. The quantitative estimate of drug-likeness (QED) is 0.390. The highest BCUT2D eigenvalue weighted by Crippen LogP contribution is 2.13. The second-order valence-corrected chi connectivity index (χ2v) is 11.1. The van der Waals surface area contributed by atoms with Gasteiger partial charge in [0.05, 0.1) is 29.2 Å². The molecule has 1 aromatic carbocycles. The molecule has 1 aromatic heterocycles. The van der Waals surface area contributed by atoms with Gasteiger partial charge in [-0.15, -0.1) is 0 Å². The molecule has 1 atom stereocenters. The lowest BCUT2D eigenvalue weighted by Gasteiger charge is -2.10. The fourth-order valence-electron chi connectivity index (χ4n) is 2.95. The van der Waals surface area contributed by atoms with Gasteiger partial charge in [0.15, 0.2) is 16.4 Å². The molecule has 0 bridgehead atoms. The Kier molecular flexibility index (Phi) is 7.48. The average molecular weight is 483 g/mol. The Morgan fingerprint density at radius 1 is 1.19 bits per heavy atom. The fourth-order valence-corrected chi connectivity index (χ4v) is 5.61. The number of amides is 1. The van der Waals surface area contributed by atoms with E-state index >= 15 is 0 Å². The minimum absolute atomic E-state index is 0.0208. The summed E-state index contributed by atoms with van der Waals surface area (Å²) in [7, 11) is -6.84. The summed E-state index contributed by atoms with van der Waals surface area (Å²) in [5.74, 6) is -0.952.